The largest absolute Gasteiger partial charge is 0.491 e. The number of ether oxygens (including phenoxy) is 6. The lowest BCUT2D eigenvalue weighted by atomic mass is 10.0. The molecule has 16 heteroatoms. The summed E-state index contributed by atoms with van der Waals surface area (Å²) >= 11 is 0. The number of pyridine rings is 2. The quantitative estimate of drug-likeness (QED) is 0.0946. The zero-order valence-electron chi connectivity index (χ0n) is 31.2. The van der Waals surface area contributed by atoms with Crippen LogP contribution in [-0.2, 0) is 35.6 Å². The first-order valence-corrected chi connectivity index (χ1v) is 18.5. The Hall–Kier alpha value is -6.25. The van der Waals surface area contributed by atoms with Crippen LogP contribution in [0.4, 0.5) is 0 Å². The maximum absolute atomic E-state index is 13.0. The second kappa shape index (κ2) is 18.1. The van der Waals surface area contributed by atoms with Crippen LogP contribution in [0.5, 0.6) is 11.6 Å². The molecule has 0 radical (unpaired) electrons. The van der Waals surface area contributed by atoms with Gasteiger partial charge in [-0.3, -0.25) is 34.4 Å². The van der Waals surface area contributed by atoms with Gasteiger partial charge in [0.2, 0.25) is 17.7 Å². The molecule has 2 aliphatic heterocycles. The first kappa shape index (κ1) is 39.0. The van der Waals surface area contributed by atoms with Gasteiger partial charge < -0.3 is 33.0 Å². The van der Waals surface area contributed by atoms with Gasteiger partial charge in [-0.05, 0) is 48.4 Å². The van der Waals surface area contributed by atoms with E-state index in [1.165, 1.54) is 12.1 Å². The molecular formula is C41H40N6O10. The van der Waals surface area contributed by atoms with Crippen molar-refractivity contribution in [1.82, 2.24) is 24.8 Å². The number of nitrogens with one attached hydrogen (secondary N) is 1. The number of amides is 4. The van der Waals surface area contributed by atoms with Crippen molar-refractivity contribution in [2.75, 3.05) is 66.1 Å². The summed E-state index contributed by atoms with van der Waals surface area (Å²) in [5, 5.41) is 14.1. The molecule has 57 heavy (non-hydrogen) atoms. The lowest BCUT2D eigenvalue weighted by Crippen LogP contribution is -2.54. The summed E-state index contributed by atoms with van der Waals surface area (Å²) in [6.45, 7) is 3.22. The Labute approximate surface area is 327 Å². The summed E-state index contributed by atoms with van der Waals surface area (Å²) in [4.78, 5) is 59.1. The van der Waals surface area contributed by atoms with E-state index < -0.39 is 29.7 Å². The number of benzene rings is 2. The van der Waals surface area contributed by atoms with Crippen molar-refractivity contribution in [3.05, 3.63) is 83.8 Å². The van der Waals surface area contributed by atoms with Gasteiger partial charge in [0.05, 0.1) is 69.5 Å². The van der Waals surface area contributed by atoms with Gasteiger partial charge in [0.25, 0.3) is 11.8 Å². The Morgan fingerprint density at radius 3 is 2.12 bits per heavy atom. The summed E-state index contributed by atoms with van der Waals surface area (Å²) in [5.41, 5.74) is 4.60. The highest BCUT2D eigenvalue weighted by atomic mass is 16.6. The number of hydrogen-bond acceptors (Lipinski definition) is 13. The van der Waals surface area contributed by atoms with E-state index in [4.69, 9.17) is 28.4 Å². The van der Waals surface area contributed by atoms with Crippen LogP contribution in [0.1, 0.15) is 39.1 Å². The third kappa shape index (κ3) is 8.77. The number of rotatable bonds is 19. The number of carbonyl (C=O) groups is 4. The Morgan fingerprint density at radius 2 is 1.42 bits per heavy atom. The fourth-order valence-electron chi connectivity index (χ4n) is 6.76. The highest BCUT2D eigenvalue weighted by Gasteiger charge is 2.44. The zero-order chi connectivity index (χ0) is 39.7. The van der Waals surface area contributed by atoms with E-state index in [1.54, 1.807) is 24.5 Å². The Balaban J connectivity index is 0.715. The molecule has 2 aliphatic rings. The summed E-state index contributed by atoms with van der Waals surface area (Å²) in [5.74, 6) is -1.61. The zero-order valence-corrected chi connectivity index (χ0v) is 31.2. The standard InChI is InChI=1S/C41H40N6O10/c1-46-34-8-9-43-25-33(34)30-4-2-26(21-36(30)46)28-20-27(23-42)39(44-24-28)57-19-17-55-15-13-53-11-10-52-12-14-54-16-18-56-29-3-5-31-32(22-29)41(51)47(40(31)50)35-6-7-37(48)45-38(35)49/h2-5,8-9,20-22,24-25,35H,6-7,10-19H2,1H3,(H,45,48,49). The fourth-order valence-corrected chi connectivity index (χ4v) is 6.76. The van der Waals surface area contributed by atoms with E-state index in [2.05, 4.69) is 38.1 Å². The van der Waals surface area contributed by atoms with E-state index in [-0.39, 0.29) is 49.7 Å². The first-order chi connectivity index (χ1) is 27.8. The molecule has 2 aromatic carbocycles. The Morgan fingerprint density at radius 1 is 0.737 bits per heavy atom. The second-order valence-electron chi connectivity index (χ2n) is 13.2. The van der Waals surface area contributed by atoms with Gasteiger partial charge in [0, 0.05) is 53.9 Å². The van der Waals surface area contributed by atoms with Crippen molar-refractivity contribution in [2.45, 2.75) is 18.9 Å². The predicted octanol–water partition coefficient (Wildman–Crippen LogP) is 3.59. The van der Waals surface area contributed by atoms with Crippen molar-refractivity contribution in [1.29, 1.82) is 5.26 Å². The molecule has 3 aromatic heterocycles. The Bertz CT molecular complexity index is 2350. The molecule has 5 aromatic rings. The van der Waals surface area contributed by atoms with Gasteiger partial charge in [-0.15, -0.1) is 0 Å². The summed E-state index contributed by atoms with van der Waals surface area (Å²) < 4.78 is 35.7. The molecule has 1 saturated heterocycles. The van der Waals surface area contributed by atoms with Crippen molar-refractivity contribution in [2.24, 2.45) is 7.05 Å². The minimum absolute atomic E-state index is 0.0550. The van der Waals surface area contributed by atoms with E-state index in [9.17, 15) is 24.4 Å². The van der Waals surface area contributed by atoms with E-state index >= 15 is 0 Å². The minimum Gasteiger partial charge on any atom is -0.491 e. The molecule has 0 aliphatic carbocycles. The molecule has 4 amide bonds. The third-order valence-electron chi connectivity index (χ3n) is 9.60. The number of carbonyl (C=O) groups excluding carboxylic acids is 4. The van der Waals surface area contributed by atoms with Crippen LogP contribution in [0.25, 0.3) is 32.9 Å². The normalized spacial score (nSPS) is 15.3. The van der Waals surface area contributed by atoms with Crippen LogP contribution < -0.4 is 14.8 Å². The molecule has 0 saturated carbocycles. The number of fused-ring (bicyclic) bond motifs is 4. The summed E-state index contributed by atoms with van der Waals surface area (Å²) in [6, 6.07) is 15.6. The molecule has 16 nitrogen and oxygen atoms in total. The molecule has 1 atom stereocenters. The van der Waals surface area contributed by atoms with E-state index in [0.29, 0.717) is 57.6 Å². The lowest BCUT2D eigenvalue weighted by molar-refractivity contribution is -0.136. The molecule has 0 spiro atoms. The van der Waals surface area contributed by atoms with Gasteiger partial charge >= 0.3 is 0 Å². The first-order valence-electron chi connectivity index (χ1n) is 18.5. The molecular weight excluding hydrogens is 736 g/mol. The number of imide groups is 2. The van der Waals surface area contributed by atoms with Crippen LogP contribution >= 0.6 is 0 Å². The SMILES string of the molecule is Cn1c2ccncc2c2ccc(-c3cnc(OCCOCCOCCOCCOCCOc4ccc5c(c4)C(=O)N(C4CCC(=O)NC4=O)C5=O)c(C#N)c3)cc21. The van der Waals surface area contributed by atoms with Crippen LogP contribution in [0.15, 0.2) is 67.1 Å². The van der Waals surface area contributed by atoms with Crippen LogP contribution in [-0.4, -0.2) is 115 Å². The fraction of sp³-hybridized carbons (Fsp3) is 0.341. The molecule has 1 unspecified atom stereocenters. The number of nitrogens with zero attached hydrogens (tertiary/aromatic N) is 5. The van der Waals surface area contributed by atoms with Crippen molar-refractivity contribution < 1.29 is 47.6 Å². The second-order valence-corrected chi connectivity index (χ2v) is 13.2. The van der Waals surface area contributed by atoms with Gasteiger partial charge in [-0.2, -0.15) is 5.26 Å². The van der Waals surface area contributed by atoms with Crippen molar-refractivity contribution >= 4 is 45.4 Å². The van der Waals surface area contributed by atoms with Crippen molar-refractivity contribution in [3.8, 4) is 28.8 Å². The average molecular weight is 777 g/mol. The van der Waals surface area contributed by atoms with Crippen LogP contribution in [0.3, 0.4) is 0 Å². The minimum atomic E-state index is -1.02. The predicted molar refractivity (Wildman–Crippen MR) is 204 cm³/mol. The summed E-state index contributed by atoms with van der Waals surface area (Å²) in [6.07, 6.45) is 5.50. The molecule has 1 fully saturated rings. The topological polar surface area (TPSA) is 193 Å². The van der Waals surface area contributed by atoms with Gasteiger partial charge in [0.1, 0.15) is 36.6 Å². The number of nitriles is 1. The van der Waals surface area contributed by atoms with Crippen LogP contribution in [0, 0.1) is 11.3 Å². The number of hydrogen-bond donors (Lipinski definition) is 1. The van der Waals surface area contributed by atoms with Gasteiger partial charge in [0.15, 0.2) is 0 Å². The van der Waals surface area contributed by atoms with E-state index in [0.717, 1.165) is 37.8 Å². The van der Waals surface area contributed by atoms with Gasteiger partial charge in [-0.25, -0.2) is 4.98 Å². The molecule has 7 rings (SSSR count). The molecule has 5 heterocycles. The number of aryl methyl sites for hydroxylation is 1. The third-order valence-corrected chi connectivity index (χ3v) is 9.60. The number of piperidine rings is 1. The monoisotopic (exact) mass is 776 g/mol. The van der Waals surface area contributed by atoms with E-state index in [1.807, 2.05) is 25.4 Å². The maximum atomic E-state index is 13.0. The smallest absolute Gasteiger partial charge is 0.262 e. The van der Waals surface area contributed by atoms with Gasteiger partial charge in [-0.1, -0.05) is 12.1 Å². The molecule has 0 bridgehead atoms. The average Bonchev–Trinajstić information content (AvgIpc) is 3.65. The maximum Gasteiger partial charge on any atom is 0.262 e. The Kier molecular flexibility index (Phi) is 12.4. The van der Waals surface area contributed by atoms with Crippen molar-refractivity contribution in [3.63, 3.8) is 0 Å². The highest BCUT2D eigenvalue weighted by molar-refractivity contribution is 6.23. The highest BCUT2D eigenvalue weighted by Crippen LogP contribution is 2.33. The lowest BCUT2D eigenvalue weighted by Gasteiger charge is -2.27. The summed E-state index contributed by atoms with van der Waals surface area (Å²) in [7, 11) is 2.02. The molecule has 294 valence electrons. The number of aromatic nitrogens is 3. The molecule has 1 N–H and O–H groups in total. The van der Waals surface area contributed by atoms with Crippen LogP contribution in [0.2, 0.25) is 0 Å².